The first-order valence-electron chi connectivity index (χ1n) is 5.19. The molecule has 0 saturated heterocycles. The molecule has 0 radical (unpaired) electrons. The molecule has 0 aliphatic rings. The van der Waals surface area contributed by atoms with Gasteiger partial charge in [-0.25, -0.2) is 0 Å². The second kappa shape index (κ2) is 5.67. The minimum Gasteiger partial charge on any atom is -0.368 e. The first kappa shape index (κ1) is 12.6. The second-order valence-electron chi connectivity index (χ2n) is 3.56. The quantitative estimate of drug-likeness (QED) is 0.905. The van der Waals surface area contributed by atoms with E-state index < -0.39 is 0 Å². The van der Waals surface area contributed by atoms with Gasteiger partial charge in [-0.1, -0.05) is 40.7 Å². The van der Waals surface area contributed by atoms with Gasteiger partial charge in [-0.15, -0.1) is 5.10 Å². The minimum atomic E-state index is 0.187. The molecule has 0 amide bonds. The van der Waals surface area contributed by atoms with Gasteiger partial charge in [0.2, 0.25) is 0 Å². The van der Waals surface area contributed by atoms with Crippen molar-refractivity contribution in [2.45, 2.75) is 19.4 Å². The monoisotopic (exact) mass is 287 g/mol. The van der Waals surface area contributed by atoms with Crippen LogP contribution in [0.3, 0.4) is 0 Å². The van der Waals surface area contributed by atoms with Crippen molar-refractivity contribution in [2.75, 3.05) is 5.32 Å². The smallest absolute Gasteiger partial charge is 0.130 e. The summed E-state index contributed by atoms with van der Waals surface area (Å²) in [5, 5.41) is 9.25. The van der Waals surface area contributed by atoms with Crippen LogP contribution >= 0.6 is 34.7 Å². The lowest BCUT2D eigenvalue weighted by atomic mass is 10.1. The van der Waals surface area contributed by atoms with Crippen LogP contribution < -0.4 is 5.32 Å². The highest BCUT2D eigenvalue weighted by molar-refractivity contribution is 7.09. The lowest BCUT2D eigenvalue weighted by Gasteiger charge is -2.17. The molecular weight excluding hydrogens is 277 g/mol. The number of hydrogen-bond acceptors (Lipinski definition) is 4. The Balaban J connectivity index is 2.20. The maximum atomic E-state index is 6.01. The lowest BCUT2D eigenvalue weighted by molar-refractivity contribution is 0.752. The van der Waals surface area contributed by atoms with E-state index in [2.05, 4.69) is 21.8 Å². The normalized spacial score (nSPS) is 12.4. The van der Waals surface area contributed by atoms with Crippen LogP contribution in [-0.4, -0.2) is 9.59 Å². The summed E-state index contributed by atoms with van der Waals surface area (Å²) < 4.78 is 3.82. The van der Waals surface area contributed by atoms with E-state index in [0.29, 0.717) is 10.0 Å². The van der Waals surface area contributed by atoms with Gasteiger partial charge in [-0.3, -0.25) is 0 Å². The van der Waals surface area contributed by atoms with Crippen LogP contribution in [0.15, 0.2) is 24.4 Å². The van der Waals surface area contributed by atoms with Crippen molar-refractivity contribution in [3.63, 3.8) is 0 Å². The van der Waals surface area contributed by atoms with Crippen molar-refractivity contribution >= 4 is 39.7 Å². The fraction of sp³-hybridized carbons (Fsp3) is 0.273. The van der Waals surface area contributed by atoms with Crippen molar-refractivity contribution in [3.05, 3.63) is 40.0 Å². The van der Waals surface area contributed by atoms with Crippen LogP contribution in [0.5, 0.6) is 0 Å². The minimum absolute atomic E-state index is 0.187. The fourth-order valence-corrected chi connectivity index (χ4v) is 2.33. The van der Waals surface area contributed by atoms with Gasteiger partial charge in [-0.05, 0) is 24.1 Å². The zero-order valence-corrected chi connectivity index (χ0v) is 11.5. The molecule has 1 N–H and O–H groups in total. The molecule has 0 bridgehead atoms. The molecule has 1 aromatic carbocycles. The molecular formula is C11H11Cl2N3S. The Bertz CT molecular complexity index is 487. The molecule has 3 nitrogen and oxygen atoms in total. The lowest BCUT2D eigenvalue weighted by Crippen LogP contribution is -2.08. The third-order valence-corrected chi connectivity index (χ3v) is 3.77. The maximum absolute atomic E-state index is 6.01. The Morgan fingerprint density at radius 3 is 2.76 bits per heavy atom. The molecule has 6 heteroatoms. The summed E-state index contributed by atoms with van der Waals surface area (Å²) in [7, 11) is 0. The van der Waals surface area contributed by atoms with Gasteiger partial charge in [-0.2, -0.15) is 0 Å². The number of rotatable bonds is 4. The van der Waals surface area contributed by atoms with E-state index in [0.717, 1.165) is 17.0 Å². The highest BCUT2D eigenvalue weighted by Gasteiger charge is 2.11. The summed E-state index contributed by atoms with van der Waals surface area (Å²) in [5.74, 6) is 0. The number of hydrogen-bond donors (Lipinski definition) is 1. The average molecular weight is 288 g/mol. The second-order valence-corrected chi connectivity index (χ2v) is 5.16. The number of nitrogens with one attached hydrogen (secondary N) is 1. The molecule has 0 aliphatic heterocycles. The molecule has 2 aromatic rings. The van der Waals surface area contributed by atoms with Crippen LogP contribution in [-0.2, 0) is 0 Å². The van der Waals surface area contributed by atoms with Crippen molar-refractivity contribution in [1.29, 1.82) is 0 Å². The Labute approximate surface area is 114 Å². The average Bonchev–Trinajstić information content (AvgIpc) is 2.82. The topological polar surface area (TPSA) is 37.8 Å². The Morgan fingerprint density at radius 1 is 1.35 bits per heavy atom. The Hall–Kier alpha value is -0.840. The summed E-state index contributed by atoms with van der Waals surface area (Å²) in [4.78, 5) is 0. The molecule has 17 heavy (non-hydrogen) atoms. The van der Waals surface area contributed by atoms with Crippen LogP contribution in [0, 0.1) is 0 Å². The predicted octanol–water partition coefficient (Wildman–Crippen LogP) is 4.41. The van der Waals surface area contributed by atoms with Gasteiger partial charge in [0, 0.05) is 11.5 Å². The van der Waals surface area contributed by atoms with Crippen LogP contribution in [0.2, 0.25) is 10.0 Å². The standard InChI is InChI=1S/C11H11Cl2N3S/c1-2-10(15-11-6-14-16-17-11)7-3-4-8(12)9(13)5-7/h3-6,10,15H,2H2,1H3. The Kier molecular flexibility index (Phi) is 4.20. The first-order chi connectivity index (χ1) is 8.20. The molecule has 0 saturated carbocycles. The fourth-order valence-electron chi connectivity index (χ4n) is 1.55. The summed E-state index contributed by atoms with van der Waals surface area (Å²) in [6.45, 7) is 2.11. The van der Waals surface area contributed by atoms with E-state index in [4.69, 9.17) is 23.2 Å². The third kappa shape index (κ3) is 3.09. The van der Waals surface area contributed by atoms with E-state index in [1.807, 2.05) is 18.2 Å². The maximum Gasteiger partial charge on any atom is 0.130 e. The van der Waals surface area contributed by atoms with Gasteiger partial charge < -0.3 is 5.32 Å². The van der Waals surface area contributed by atoms with Gasteiger partial charge in [0.25, 0.3) is 0 Å². The summed E-state index contributed by atoms with van der Waals surface area (Å²) in [5.41, 5.74) is 1.11. The van der Waals surface area contributed by atoms with E-state index >= 15 is 0 Å². The Morgan fingerprint density at radius 2 is 2.18 bits per heavy atom. The molecule has 0 fully saturated rings. The van der Waals surface area contributed by atoms with Gasteiger partial charge in [0.1, 0.15) is 5.00 Å². The van der Waals surface area contributed by atoms with E-state index in [9.17, 15) is 0 Å². The van der Waals surface area contributed by atoms with Gasteiger partial charge in [0.05, 0.1) is 22.3 Å². The van der Waals surface area contributed by atoms with Crippen molar-refractivity contribution in [1.82, 2.24) is 9.59 Å². The van der Waals surface area contributed by atoms with Crippen molar-refractivity contribution in [2.24, 2.45) is 0 Å². The van der Waals surface area contributed by atoms with Gasteiger partial charge in [0.15, 0.2) is 0 Å². The van der Waals surface area contributed by atoms with Crippen LogP contribution in [0.1, 0.15) is 24.9 Å². The largest absolute Gasteiger partial charge is 0.368 e. The molecule has 0 aliphatic carbocycles. The molecule has 0 spiro atoms. The molecule has 1 atom stereocenters. The number of benzene rings is 1. The van der Waals surface area contributed by atoms with Crippen LogP contribution in [0.25, 0.3) is 0 Å². The third-order valence-electron chi connectivity index (χ3n) is 2.43. The summed E-state index contributed by atoms with van der Waals surface area (Å²) >= 11 is 13.3. The SMILES string of the molecule is CCC(Nc1cnns1)c1ccc(Cl)c(Cl)c1. The van der Waals surface area contributed by atoms with Crippen molar-refractivity contribution < 1.29 is 0 Å². The highest BCUT2D eigenvalue weighted by Crippen LogP contribution is 2.29. The molecule has 2 rings (SSSR count). The van der Waals surface area contributed by atoms with E-state index in [1.165, 1.54) is 11.5 Å². The van der Waals surface area contributed by atoms with E-state index in [-0.39, 0.29) is 6.04 Å². The van der Waals surface area contributed by atoms with Crippen LogP contribution in [0.4, 0.5) is 5.00 Å². The number of halogens is 2. The van der Waals surface area contributed by atoms with Crippen molar-refractivity contribution in [3.8, 4) is 0 Å². The zero-order valence-electron chi connectivity index (χ0n) is 9.15. The number of nitrogens with zero attached hydrogens (tertiary/aromatic N) is 2. The molecule has 1 heterocycles. The number of aromatic nitrogens is 2. The highest BCUT2D eigenvalue weighted by atomic mass is 35.5. The molecule has 90 valence electrons. The molecule has 1 aromatic heterocycles. The number of anilines is 1. The zero-order chi connectivity index (χ0) is 12.3. The molecule has 1 unspecified atom stereocenters. The van der Waals surface area contributed by atoms with Gasteiger partial charge >= 0.3 is 0 Å². The first-order valence-corrected chi connectivity index (χ1v) is 6.72. The summed E-state index contributed by atoms with van der Waals surface area (Å²) in [6, 6.07) is 5.87. The van der Waals surface area contributed by atoms with E-state index in [1.54, 1.807) is 6.20 Å². The predicted molar refractivity (Wildman–Crippen MR) is 73.0 cm³/mol. The summed E-state index contributed by atoms with van der Waals surface area (Å²) in [6.07, 6.45) is 2.65.